The van der Waals surface area contributed by atoms with E-state index in [1.807, 2.05) is 17.8 Å². The Kier molecular flexibility index (Phi) is 2.53. The van der Waals surface area contributed by atoms with Crippen molar-refractivity contribution in [2.75, 3.05) is 0 Å². The summed E-state index contributed by atoms with van der Waals surface area (Å²) in [7, 11) is 1.96. The first kappa shape index (κ1) is 9.26. The molecule has 0 aliphatic heterocycles. The predicted molar refractivity (Wildman–Crippen MR) is 51.8 cm³/mol. The van der Waals surface area contributed by atoms with E-state index in [4.69, 9.17) is 4.52 Å². The van der Waals surface area contributed by atoms with Crippen LogP contribution in [0.2, 0.25) is 0 Å². The van der Waals surface area contributed by atoms with Crippen molar-refractivity contribution in [3.8, 4) is 0 Å². The van der Waals surface area contributed by atoms with Crippen LogP contribution in [0.25, 0.3) is 0 Å². The maximum absolute atomic E-state index is 4.86. The van der Waals surface area contributed by atoms with Crippen molar-refractivity contribution in [1.82, 2.24) is 19.7 Å². The molecule has 0 atom stereocenters. The maximum atomic E-state index is 4.86. The molecule has 14 heavy (non-hydrogen) atoms. The first-order chi connectivity index (χ1) is 6.75. The zero-order chi connectivity index (χ0) is 9.97. The fourth-order valence-electron chi connectivity index (χ4n) is 1.02. The van der Waals surface area contributed by atoms with Gasteiger partial charge in [-0.2, -0.15) is 4.98 Å². The van der Waals surface area contributed by atoms with E-state index in [1.54, 1.807) is 24.9 Å². The maximum Gasteiger partial charge on any atom is 0.223 e. The van der Waals surface area contributed by atoms with Crippen LogP contribution in [0, 0.1) is 6.92 Å². The van der Waals surface area contributed by atoms with E-state index >= 15 is 0 Å². The molecule has 0 aliphatic carbocycles. The van der Waals surface area contributed by atoms with E-state index < -0.39 is 0 Å². The Morgan fingerprint density at radius 3 is 3.00 bits per heavy atom. The third-order valence-electron chi connectivity index (χ3n) is 1.68. The molecule has 0 aromatic carbocycles. The summed E-state index contributed by atoms with van der Waals surface area (Å²) >= 11 is 1.59. The molecule has 5 nitrogen and oxygen atoms in total. The fourth-order valence-corrected chi connectivity index (χ4v) is 1.80. The number of aryl methyl sites for hydroxylation is 2. The highest BCUT2D eigenvalue weighted by Gasteiger charge is 2.05. The summed E-state index contributed by atoms with van der Waals surface area (Å²) in [6.07, 6.45) is 3.67. The van der Waals surface area contributed by atoms with Gasteiger partial charge < -0.3 is 9.09 Å². The molecule has 0 spiro atoms. The molecule has 2 aromatic heterocycles. The van der Waals surface area contributed by atoms with Crippen LogP contribution >= 0.6 is 11.8 Å². The van der Waals surface area contributed by atoms with Gasteiger partial charge in [-0.1, -0.05) is 16.9 Å². The molecule has 0 aliphatic rings. The van der Waals surface area contributed by atoms with Crippen molar-refractivity contribution in [2.45, 2.75) is 17.8 Å². The summed E-state index contributed by atoms with van der Waals surface area (Å²) in [5.74, 6) is 1.98. The molecule has 74 valence electrons. The van der Waals surface area contributed by atoms with E-state index in [0.717, 1.165) is 5.16 Å². The lowest BCUT2D eigenvalue weighted by Crippen LogP contribution is -1.90. The summed E-state index contributed by atoms with van der Waals surface area (Å²) in [6, 6.07) is 0. The standard InChI is InChI=1S/C8H10N4OS/c1-6-10-7(11-13-6)5-14-8-9-3-4-12(8)2/h3-4H,5H2,1-2H3. The van der Waals surface area contributed by atoms with Gasteiger partial charge in [0.25, 0.3) is 0 Å². The molecular formula is C8H10N4OS. The monoisotopic (exact) mass is 210 g/mol. The topological polar surface area (TPSA) is 56.7 Å². The second-order valence-electron chi connectivity index (χ2n) is 2.84. The number of hydrogen-bond acceptors (Lipinski definition) is 5. The van der Waals surface area contributed by atoms with Crippen molar-refractivity contribution < 1.29 is 4.52 Å². The summed E-state index contributed by atoms with van der Waals surface area (Å²) in [6.45, 7) is 1.78. The van der Waals surface area contributed by atoms with E-state index in [0.29, 0.717) is 17.5 Å². The predicted octanol–water partition coefficient (Wildman–Crippen LogP) is 1.40. The second kappa shape index (κ2) is 3.83. The number of nitrogens with zero attached hydrogens (tertiary/aromatic N) is 4. The molecule has 6 heteroatoms. The zero-order valence-electron chi connectivity index (χ0n) is 7.97. The first-order valence-electron chi connectivity index (χ1n) is 4.15. The van der Waals surface area contributed by atoms with Gasteiger partial charge in [0, 0.05) is 26.4 Å². The van der Waals surface area contributed by atoms with Gasteiger partial charge in [0.15, 0.2) is 11.0 Å². The highest BCUT2D eigenvalue weighted by atomic mass is 32.2. The van der Waals surface area contributed by atoms with Gasteiger partial charge in [0.2, 0.25) is 5.89 Å². The van der Waals surface area contributed by atoms with E-state index in [2.05, 4.69) is 15.1 Å². The SMILES string of the molecule is Cc1nc(CSc2nccn2C)no1. The Morgan fingerprint density at radius 2 is 2.43 bits per heavy atom. The van der Waals surface area contributed by atoms with Crippen LogP contribution in [0.15, 0.2) is 22.1 Å². The lowest BCUT2D eigenvalue weighted by molar-refractivity contribution is 0.389. The van der Waals surface area contributed by atoms with Crippen LogP contribution in [0.3, 0.4) is 0 Å². The largest absolute Gasteiger partial charge is 0.340 e. The number of thioether (sulfide) groups is 1. The average molecular weight is 210 g/mol. The van der Waals surface area contributed by atoms with Gasteiger partial charge in [0.05, 0.1) is 5.75 Å². The van der Waals surface area contributed by atoms with Crippen molar-refractivity contribution in [3.63, 3.8) is 0 Å². The van der Waals surface area contributed by atoms with Crippen molar-refractivity contribution in [3.05, 3.63) is 24.1 Å². The third-order valence-corrected chi connectivity index (χ3v) is 2.73. The lowest BCUT2D eigenvalue weighted by atomic mass is 10.7. The van der Waals surface area contributed by atoms with Crippen molar-refractivity contribution >= 4 is 11.8 Å². The summed E-state index contributed by atoms with van der Waals surface area (Å²) in [5.41, 5.74) is 0. The molecule has 0 saturated heterocycles. The van der Waals surface area contributed by atoms with Crippen LogP contribution in [0.1, 0.15) is 11.7 Å². The minimum absolute atomic E-state index is 0.598. The number of hydrogen-bond donors (Lipinski definition) is 0. The van der Waals surface area contributed by atoms with Crippen molar-refractivity contribution in [1.29, 1.82) is 0 Å². The molecule has 0 unspecified atom stereocenters. The highest BCUT2D eigenvalue weighted by molar-refractivity contribution is 7.98. The second-order valence-corrected chi connectivity index (χ2v) is 3.78. The third kappa shape index (κ3) is 1.95. The Balaban J connectivity index is 1.98. The Morgan fingerprint density at radius 1 is 1.57 bits per heavy atom. The van der Waals surface area contributed by atoms with E-state index in [9.17, 15) is 0 Å². The quantitative estimate of drug-likeness (QED) is 0.717. The van der Waals surface area contributed by atoms with Gasteiger partial charge in [-0.05, 0) is 0 Å². The first-order valence-corrected chi connectivity index (χ1v) is 5.13. The Labute approximate surface area is 85.5 Å². The minimum atomic E-state index is 0.598. The van der Waals surface area contributed by atoms with Crippen LogP contribution in [0.4, 0.5) is 0 Å². The molecule has 0 amide bonds. The number of imidazole rings is 1. The minimum Gasteiger partial charge on any atom is -0.340 e. The zero-order valence-corrected chi connectivity index (χ0v) is 8.78. The average Bonchev–Trinajstić information content (AvgIpc) is 2.72. The molecule has 0 fully saturated rings. The number of rotatable bonds is 3. The van der Waals surface area contributed by atoms with Crippen LogP contribution in [0.5, 0.6) is 0 Å². The fraction of sp³-hybridized carbons (Fsp3) is 0.375. The van der Waals surface area contributed by atoms with Gasteiger partial charge in [-0.25, -0.2) is 4.98 Å². The van der Waals surface area contributed by atoms with Crippen LogP contribution in [-0.2, 0) is 12.8 Å². The Hall–Kier alpha value is -1.30. The molecular weight excluding hydrogens is 200 g/mol. The summed E-state index contributed by atoms with van der Waals surface area (Å²) in [4.78, 5) is 8.28. The van der Waals surface area contributed by atoms with Crippen LogP contribution in [-0.4, -0.2) is 19.7 Å². The molecule has 0 bridgehead atoms. The van der Waals surface area contributed by atoms with E-state index in [1.165, 1.54) is 0 Å². The van der Waals surface area contributed by atoms with Gasteiger partial charge in [-0.3, -0.25) is 0 Å². The van der Waals surface area contributed by atoms with Gasteiger partial charge in [0.1, 0.15) is 0 Å². The smallest absolute Gasteiger partial charge is 0.223 e. The summed E-state index contributed by atoms with van der Waals surface area (Å²) in [5, 5.41) is 4.75. The van der Waals surface area contributed by atoms with Crippen molar-refractivity contribution in [2.24, 2.45) is 7.05 Å². The molecule has 0 N–H and O–H groups in total. The number of aromatic nitrogens is 4. The van der Waals surface area contributed by atoms with E-state index in [-0.39, 0.29) is 0 Å². The van der Waals surface area contributed by atoms with Gasteiger partial charge >= 0.3 is 0 Å². The molecule has 2 aromatic rings. The van der Waals surface area contributed by atoms with Gasteiger partial charge in [-0.15, -0.1) is 0 Å². The molecule has 0 radical (unpaired) electrons. The normalized spacial score (nSPS) is 10.7. The Bertz CT molecular complexity index is 422. The molecule has 2 heterocycles. The van der Waals surface area contributed by atoms with Crippen LogP contribution < -0.4 is 0 Å². The summed E-state index contributed by atoms with van der Waals surface area (Å²) < 4.78 is 6.82. The molecule has 2 rings (SSSR count). The lowest BCUT2D eigenvalue weighted by Gasteiger charge is -1.97. The highest BCUT2D eigenvalue weighted by Crippen LogP contribution is 2.18. The molecule has 0 saturated carbocycles.